The Kier molecular flexibility index (Phi) is 4.83. The molecule has 0 radical (unpaired) electrons. The van der Waals surface area contributed by atoms with Crippen LogP contribution in [0.25, 0.3) is 0 Å². The van der Waals surface area contributed by atoms with Crippen LogP contribution in [-0.4, -0.2) is 9.97 Å². The molecule has 0 fully saturated rings. The third-order valence-electron chi connectivity index (χ3n) is 2.78. The van der Waals surface area contributed by atoms with E-state index in [9.17, 15) is 0 Å². The van der Waals surface area contributed by atoms with Crippen LogP contribution in [0.5, 0.6) is 0 Å². The third kappa shape index (κ3) is 4.22. The largest absolute Gasteiger partial charge is 0.237 e. The van der Waals surface area contributed by atoms with Gasteiger partial charge >= 0.3 is 0 Å². The molecule has 0 spiro atoms. The predicted octanol–water partition coefficient (Wildman–Crippen LogP) is 4.85. The minimum absolute atomic E-state index is 0.512. The van der Waals surface area contributed by atoms with Crippen molar-refractivity contribution in [2.45, 2.75) is 37.3 Å². The first-order chi connectivity index (χ1) is 9.04. The first-order valence-electron chi connectivity index (χ1n) is 6.27. The van der Waals surface area contributed by atoms with Gasteiger partial charge in [-0.05, 0) is 36.6 Å². The molecule has 0 saturated heterocycles. The molecule has 1 aromatic heterocycles. The highest BCUT2D eigenvalue weighted by Crippen LogP contribution is 2.24. The number of nitrogens with zero attached hydrogens (tertiary/aromatic N) is 2. The topological polar surface area (TPSA) is 25.8 Å². The fourth-order valence-electron chi connectivity index (χ4n) is 1.75. The maximum Gasteiger partial charge on any atom is 0.140 e. The number of halogens is 1. The summed E-state index contributed by atoms with van der Waals surface area (Å²) in [4.78, 5) is 9.83. The van der Waals surface area contributed by atoms with Gasteiger partial charge in [0.1, 0.15) is 11.0 Å². The second-order valence-electron chi connectivity index (χ2n) is 4.76. The SMILES string of the molecule is Cc1cc(Cl)nc(CSc2ccc(C(C)C)cc2)n1. The summed E-state index contributed by atoms with van der Waals surface area (Å²) in [5.74, 6) is 2.09. The van der Waals surface area contributed by atoms with Crippen LogP contribution in [-0.2, 0) is 5.75 Å². The number of hydrogen-bond acceptors (Lipinski definition) is 3. The first kappa shape index (κ1) is 14.4. The van der Waals surface area contributed by atoms with Gasteiger partial charge in [0.2, 0.25) is 0 Å². The highest BCUT2D eigenvalue weighted by molar-refractivity contribution is 7.98. The van der Waals surface area contributed by atoms with Crippen LogP contribution in [0.2, 0.25) is 5.15 Å². The van der Waals surface area contributed by atoms with E-state index in [2.05, 4.69) is 48.1 Å². The van der Waals surface area contributed by atoms with E-state index in [-0.39, 0.29) is 0 Å². The Bertz CT molecular complexity index is 532. The van der Waals surface area contributed by atoms with Crippen molar-refractivity contribution in [3.63, 3.8) is 0 Å². The van der Waals surface area contributed by atoms with Gasteiger partial charge in [-0.3, -0.25) is 0 Å². The summed E-state index contributed by atoms with van der Waals surface area (Å²) in [5, 5.41) is 0.512. The van der Waals surface area contributed by atoms with Crippen molar-refractivity contribution in [2.75, 3.05) is 0 Å². The lowest BCUT2D eigenvalue weighted by Gasteiger charge is -2.06. The summed E-state index contributed by atoms with van der Waals surface area (Å²) in [6.07, 6.45) is 0. The van der Waals surface area contributed by atoms with E-state index in [1.54, 1.807) is 17.8 Å². The molecule has 100 valence electrons. The molecule has 4 heteroatoms. The second-order valence-corrected chi connectivity index (χ2v) is 6.20. The van der Waals surface area contributed by atoms with Crippen LogP contribution in [0.3, 0.4) is 0 Å². The van der Waals surface area contributed by atoms with Crippen LogP contribution in [0, 0.1) is 6.92 Å². The molecule has 2 nitrogen and oxygen atoms in total. The van der Waals surface area contributed by atoms with Gasteiger partial charge in [0.15, 0.2) is 0 Å². The number of rotatable bonds is 4. The van der Waals surface area contributed by atoms with Gasteiger partial charge in [-0.1, -0.05) is 37.6 Å². The fourth-order valence-corrected chi connectivity index (χ4v) is 2.76. The van der Waals surface area contributed by atoms with Crippen LogP contribution < -0.4 is 0 Å². The van der Waals surface area contributed by atoms with Gasteiger partial charge < -0.3 is 0 Å². The molecule has 0 amide bonds. The van der Waals surface area contributed by atoms with E-state index in [1.807, 2.05) is 6.92 Å². The molecule has 2 aromatic rings. The van der Waals surface area contributed by atoms with Crippen molar-refractivity contribution in [1.29, 1.82) is 0 Å². The van der Waals surface area contributed by atoms with Crippen molar-refractivity contribution < 1.29 is 0 Å². The number of aromatic nitrogens is 2. The number of aryl methyl sites for hydroxylation is 1. The van der Waals surface area contributed by atoms with Crippen molar-refractivity contribution in [2.24, 2.45) is 0 Å². The predicted molar refractivity (Wildman–Crippen MR) is 81.9 cm³/mol. The van der Waals surface area contributed by atoms with Gasteiger partial charge in [-0.25, -0.2) is 9.97 Å². The van der Waals surface area contributed by atoms with Gasteiger partial charge in [0, 0.05) is 10.6 Å². The normalized spacial score (nSPS) is 11.0. The Morgan fingerprint density at radius 1 is 1.16 bits per heavy atom. The molecule has 1 heterocycles. The molecular weight excluding hydrogens is 276 g/mol. The summed E-state index contributed by atoms with van der Waals surface area (Å²) in [6.45, 7) is 6.33. The minimum Gasteiger partial charge on any atom is -0.237 e. The molecule has 1 aromatic carbocycles. The van der Waals surface area contributed by atoms with E-state index < -0.39 is 0 Å². The van der Waals surface area contributed by atoms with Crippen molar-refractivity contribution >= 4 is 23.4 Å². The van der Waals surface area contributed by atoms with Crippen LogP contribution in [0.15, 0.2) is 35.2 Å². The lowest BCUT2D eigenvalue weighted by molar-refractivity contribution is 0.865. The summed E-state index contributed by atoms with van der Waals surface area (Å²) in [6, 6.07) is 10.4. The summed E-state index contributed by atoms with van der Waals surface area (Å²) in [7, 11) is 0. The van der Waals surface area contributed by atoms with Gasteiger partial charge in [-0.15, -0.1) is 11.8 Å². The third-order valence-corrected chi connectivity index (χ3v) is 3.99. The number of hydrogen-bond donors (Lipinski definition) is 0. The summed E-state index contributed by atoms with van der Waals surface area (Å²) >= 11 is 7.65. The van der Waals surface area contributed by atoms with Crippen LogP contribution in [0.4, 0.5) is 0 Å². The summed E-state index contributed by atoms with van der Waals surface area (Å²) in [5.41, 5.74) is 2.27. The molecule has 0 N–H and O–H groups in total. The zero-order chi connectivity index (χ0) is 13.8. The molecule has 0 aliphatic carbocycles. The molecule has 19 heavy (non-hydrogen) atoms. The zero-order valence-corrected chi connectivity index (χ0v) is 12.9. The minimum atomic E-state index is 0.512. The van der Waals surface area contributed by atoms with Gasteiger partial charge in [0.25, 0.3) is 0 Å². The molecule has 0 aliphatic rings. The van der Waals surface area contributed by atoms with E-state index in [0.29, 0.717) is 11.1 Å². The Morgan fingerprint density at radius 3 is 2.42 bits per heavy atom. The molecule has 0 unspecified atom stereocenters. The average Bonchev–Trinajstić information content (AvgIpc) is 2.36. The van der Waals surface area contributed by atoms with Gasteiger partial charge in [0.05, 0.1) is 5.75 Å². The van der Waals surface area contributed by atoms with Gasteiger partial charge in [-0.2, -0.15) is 0 Å². The second kappa shape index (κ2) is 6.40. The highest BCUT2D eigenvalue weighted by atomic mass is 35.5. The van der Waals surface area contributed by atoms with Crippen molar-refractivity contribution in [1.82, 2.24) is 9.97 Å². The smallest absolute Gasteiger partial charge is 0.140 e. The van der Waals surface area contributed by atoms with Crippen molar-refractivity contribution in [3.8, 4) is 0 Å². The molecule has 0 atom stereocenters. The maximum absolute atomic E-state index is 5.93. The van der Waals surface area contributed by atoms with Crippen LogP contribution >= 0.6 is 23.4 Å². The molecule has 0 aliphatic heterocycles. The van der Waals surface area contributed by atoms with Crippen molar-refractivity contribution in [3.05, 3.63) is 52.6 Å². The van der Waals surface area contributed by atoms with E-state index >= 15 is 0 Å². The Hall–Kier alpha value is -1.06. The first-order valence-corrected chi connectivity index (χ1v) is 7.64. The Labute approximate surface area is 123 Å². The number of benzene rings is 1. The molecule has 0 bridgehead atoms. The Morgan fingerprint density at radius 2 is 1.84 bits per heavy atom. The number of thioether (sulfide) groups is 1. The van der Waals surface area contributed by atoms with Crippen LogP contribution in [0.1, 0.15) is 36.8 Å². The molecular formula is C15H17ClN2S. The maximum atomic E-state index is 5.93. The highest BCUT2D eigenvalue weighted by Gasteiger charge is 2.03. The quantitative estimate of drug-likeness (QED) is 0.595. The summed E-state index contributed by atoms with van der Waals surface area (Å²) < 4.78 is 0. The van der Waals surface area contributed by atoms with E-state index in [0.717, 1.165) is 17.3 Å². The lowest BCUT2D eigenvalue weighted by atomic mass is 10.0. The lowest BCUT2D eigenvalue weighted by Crippen LogP contribution is -1.95. The monoisotopic (exact) mass is 292 g/mol. The average molecular weight is 293 g/mol. The zero-order valence-electron chi connectivity index (χ0n) is 11.4. The molecule has 0 saturated carbocycles. The van der Waals surface area contributed by atoms with E-state index in [4.69, 9.17) is 11.6 Å². The Balaban J connectivity index is 2.02. The fraction of sp³-hybridized carbons (Fsp3) is 0.333. The molecule has 2 rings (SSSR count). The standard InChI is InChI=1S/C15H17ClN2S/c1-10(2)12-4-6-13(7-5-12)19-9-15-17-11(3)8-14(16)18-15/h4-8,10H,9H2,1-3H3. The van der Waals surface area contributed by atoms with E-state index in [1.165, 1.54) is 10.5 Å².